The van der Waals surface area contributed by atoms with Gasteiger partial charge < -0.3 is 5.32 Å². The molecular weight excluding hydrogens is 266 g/mol. The zero-order chi connectivity index (χ0) is 13.3. The SMILES string of the molecule is O=C1CN(S(=O)(=O)c2cc(F)cc(F)c2)CCN1. The highest BCUT2D eigenvalue weighted by Gasteiger charge is 2.29. The Morgan fingerprint density at radius 3 is 2.33 bits per heavy atom. The third-order valence-electron chi connectivity index (χ3n) is 2.48. The van der Waals surface area contributed by atoms with Gasteiger partial charge >= 0.3 is 0 Å². The monoisotopic (exact) mass is 276 g/mol. The lowest BCUT2D eigenvalue weighted by Crippen LogP contribution is -2.49. The van der Waals surface area contributed by atoms with Crippen molar-refractivity contribution in [3.05, 3.63) is 29.8 Å². The van der Waals surface area contributed by atoms with Crippen LogP contribution >= 0.6 is 0 Å². The number of halogens is 2. The van der Waals surface area contributed by atoms with Gasteiger partial charge in [-0.2, -0.15) is 4.31 Å². The Morgan fingerprint density at radius 2 is 1.78 bits per heavy atom. The van der Waals surface area contributed by atoms with E-state index in [1.54, 1.807) is 0 Å². The number of hydrogen-bond acceptors (Lipinski definition) is 3. The summed E-state index contributed by atoms with van der Waals surface area (Å²) in [5.74, 6) is -2.40. The number of rotatable bonds is 2. The van der Waals surface area contributed by atoms with E-state index in [4.69, 9.17) is 0 Å². The minimum Gasteiger partial charge on any atom is -0.354 e. The summed E-state index contributed by atoms with van der Waals surface area (Å²) in [6.07, 6.45) is 0. The maximum Gasteiger partial charge on any atom is 0.243 e. The van der Waals surface area contributed by atoms with Crippen molar-refractivity contribution in [2.75, 3.05) is 19.6 Å². The molecule has 0 aromatic heterocycles. The average Bonchev–Trinajstić information content (AvgIpc) is 2.27. The van der Waals surface area contributed by atoms with Gasteiger partial charge in [-0.1, -0.05) is 0 Å². The number of sulfonamides is 1. The molecule has 5 nitrogen and oxygen atoms in total. The van der Waals surface area contributed by atoms with Gasteiger partial charge in [-0.15, -0.1) is 0 Å². The molecule has 98 valence electrons. The molecule has 0 bridgehead atoms. The van der Waals surface area contributed by atoms with Crippen LogP contribution in [0.1, 0.15) is 0 Å². The molecule has 1 heterocycles. The van der Waals surface area contributed by atoms with Crippen molar-refractivity contribution in [2.24, 2.45) is 0 Å². The first-order chi connectivity index (χ1) is 8.39. The second-order valence-corrected chi connectivity index (χ2v) is 5.73. The number of piperazine rings is 1. The van der Waals surface area contributed by atoms with E-state index in [9.17, 15) is 22.0 Å². The molecule has 1 N–H and O–H groups in total. The highest BCUT2D eigenvalue weighted by Crippen LogP contribution is 2.18. The van der Waals surface area contributed by atoms with Crippen LogP contribution in [0.25, 0.3) is 0 Å². The predicted octanol–water partition coefficient (Wildman–Crippen LogP) is 0.0853. The minimum atomic E-state index is -4.05. The van der Waals surface area contributed by atoms with Crippen molar-refractivity contribution in [1.82, 2.24) is 9.62 Å². The topological polar surface area (TPSA) is 66.5 Å². The highest BCUT2D eigenvalue weighted by molar-refractivity contribution is 7.89. The molecule has 1 aromatic rings. The Kier molecular flexibility index (Phi) is 3.31. The normalized spacial score (nSPS) is 17.6. The van der Waals surface area contributed by atoms with Gasteiger partial charge in [0.25, 0.3) is 0 Å². The van der Waals surface area contributed by atoms with Gasteiger partial charge in [0.1, 0.15) is 11.6 Å². The molecular formula is C10H10F2N2O3S. The molecule has 0 radical (unpaired) electrons. The second-order valence-electron chi connectivity index (χ2n) is 3.79. The van der Waals surface area contributed by atoms with Gasteiger partial charge in [0.15, 0.2) is 0 Å². The largest absolute Gasteiger partial charge is 0.354 e. The molecule has 0 atom stereocenters. The summed E-state index contributed by atoms with van der Waals surface area (Å²) in [5.41, 5.74) is 0. The van der Waals surface area contributed by atoms with E-state index in [-0.39, 0.29) is 19.6 Å². The highest BCUT2D eigenvalue weighted by atomic mass is 32.2. The van der Waals surface area contributed by atoms with Gasteiger partial charge in [-0.25, -0.2) is 17.2 Å². The maximum atomic E-state index is 13.0. The number of hydrogen-bond donors (Lipinski definition) is 1. The molecule has 1 aliphatic heterocycles. The van der Waals surface area contributed by atoms with Crippen LogP contribution in [0.3, 0.4) is 0 Å². The van der Waals surface area contributed by atoms with Gasteiger partial charge in [-0.3, -0.25) is 4.79 Å². The maximum absolute atomic E-state index is 13.0. The zero-order valence-electron chi connectivity index (χ0n) is 9.19. The molecule has 1 aliphatic rings. The van der Waals surface area contributed by atoms with E-state index in [2.05, 4.69) is 5.32 Å². The summed E-state index contributed by atoms with van der Waals surface area (Å²) >= 11 is 0. The van der Waals surface area contributed by atoms with Crippen molar-refractivity contribution < 1.29 is 22.0 Å². The van der Waals surface area contributed by atoms with Gasteiger partial charge in [0, 0.05) is 19.2 Å². The van der Waals surface area contributed by atoms with Gasteiger partial charge in [0.05, 0.1) is 11.4 Å². The number of carbonyl (C=O) groups is 1. The first kappa shape index (κ1) is 12.9. The molecule has 2 rings (SSSR count). The van der Waals surface area contributed by atoms with Crippen LogP contribution in [-0.4, -0.2) is 38.3 Å². The number of nitrogens with one attached hydrogen (secondary N) is 1. The zero-order valence-corrected chi connectivity index (χ0v) is 10.0. The lowest BCUT2D eigenvalue weighted by atomic mass is 10.3. The summed E-state index contributed by atoms with van der Waals surface area (Å²) in [6, 6.07) is 2.04. The molecule has 0 unspecified atom stereocenters. The molecule has 8 heteroatoms. The Labute approximate surface area is 102 Å². The van der Waals surface area contributed by atoms with Gasteiger partial charge in [-0.05, 0) is 12.1 Å². The van der Waals surface area contributed by atoms with Crippen molar-refractivity contribution >= 4 is 15.9 Å². The predicted molar refractivity (Wildman–Crippen MR) is 58.1 cm³/mol. The molecule has 18 heavy (non-hydrogen) atoms. The molecule has 1 amide bonds. The average molecular weight is 276 g/mol. The quantitative estimate of drug-likeness (QED) is 0.832. The van der Waals surface area contributed by atoms with Crippen LogP contribution < -0.4 is 5.32 Å². The second kappa shape index (κ2) is 4.62. The van der Waals surface area contributed by atoms with E-state index in [1.807, 2.05) is 0 Å². The summed E-state index contributed by atoms with van der Waals surface area (Å²) in [6.45, 7) is -0.0947. The Hall–Kier alpha value is -1.54. The summed E-state index contributed by atoms with van der Waals surface area (Å²) in [7, 11) is -4.05. The van der Waals surface area contributed by atoms with Crippen LogP contribution in [-0.2, 0) is 14.8 Å². The van der Waals surface area contributed by atoms with Crippen molar-refractivity contribution in [3.63, 3.8) is 0 Å². The fourth-order valence-electron chi connectivity index (χ4n) is 1.65. The molecule has 0 spiro atoms. The Balaban J connectivity index is 2.38. The van der Waals surface area contributed by atoms with Crippen molar-refractivity contribution in [3.8, 4) is 0 Å². The van der Waals surface area contributed by atoms with Crippen molar-refractivity contribution in [1.29, 1.82) is 0 Å². The van der Waals surface area contributed by atoms with Crippen molar-refractivity contribution in [2.45, 2.75) is 4.90 Å². The Bertz CT molecular complexity index is 569. The molecule has 1 fully saturated rings. The van der Waals surface area contributed by atoms with E-state index < -0.39 is 32.5 Å². The van der Waals surface area contributed by atoms with Crippen LogP contribution in [0.2, 0.25) is 0 Å². The Morgan fingerprint density at radius 1 is 1.17 bits per heavy atom. The third kappa shape index (κ3) is 2.49. The number of nitrogens with zero attached hydrogens (tertiary/aromatic N) is 1. The summed E-state index contributed by atoms with van der Waals surface area (Å²) in [4.78, 5) is 10.6. The lowest BCUT2D eigenvalue weighted by molar-refractivity contribution is -0.122. The molecule has 1 aromatic carbocycles. The summed E-state index contributed by atoms with van der Waals surface area (Å²) in [5, 5.41) is 2.47. The molecule has 0 saturated carbocycles. The van der Waals surface area contributed by atoms with Crippen LogP contribution in [0, 0.1) is 11.6 Å². The number of benzene rings is 1. The fourth-order valence-corrected chi connectivity index (χ4v) is 3.09. The molecule has 0 aliphatic carbocycles. The van der Waals surface area contributed by atoms with E-state index in [1.165, 1.54) is 0 Å². The van der Waals surface area contributed by atoms with Crippen LogP contribution in [0.5, 0.6) is 0 Å². The third-order valence-corrected chi connectivity index (χ3v) is 4.30. The van der Waals surface area contributed by atoms with Crippen LogP contribution in [0.4, 0.5) is 8.78 Å². The number of amides is 1. The standard InChI is InChI=1S/C10H10F2N2O3S/c11-7-3-8(12)5-9(4-7)18(16,17)14-2-1-13-10(15)6-14/h3-5H,1-2,6H2,(H,13,15). The lowest BCUT2D eigenvalue weighted by Gasteiger charge is -2.25. The van der Waals surface area contributed by atoms with E-state index in [0.29, 0.717) is 6.07 Å². The summed E-state index contributed by atoms with van der Waals surface area (Å²) < 4.78 is 51.0. The minimum absolute atomic E-state index is 0.0756. The van der Waals surface area contributed by atoms with E-state index in [0.717, 1.165) is 16.4 Å². The first-order valence-corrected chi connectivity index (χ1v) is 6.56. The fraction of sp³-hybridized carbons (Fsp3) is 0.300. The number of carbonyl (C=O) groups excluding carboxylic acids is 1. The van der Waals surface area contributed by atoms with E-state index >= 15 is 0 Å². The first-order valence-electron chi connectivity index (χ1n) is 5.12. The van der Waals surface area contributed by atoms with Gasteiger partial charge in [0.2, 0.25) is 15.9 Å². The smallest absolute Gasteiger partial charge is 0.243 e. The van der Waals surface area contributed by atoms with Crippen LogP contribution in [0.15, 0.2) is 23.1 Å². The molecule has 1 saturated heterocycles.